The van der Waals surface area contributed by atoms with Crippen molar-refractivity contribution in [3.63, 3.8) is 0 Å². The summed E-state index contributed by atoms with van der Waals surface area (Å²) in [5.41, 5.74) is 6.62. The van der Waals surface area contributed by atoms with E-state index < -0.39 is 10.0 Å². The molecule has 2 saturated heterocycles. The van der Waals surface area contributed by atoms with E-state index in [4.69, 9.17) is 5.73 Å². The molecule has 0 aliphatic carbocycles. The molecule has 158 valence electrons. The third-order valence-electron chi connectivity index (χ3n) is 6.40. The van der Waals surface area contributed by atoms with Crippen molar-refractivity contribution in [3.8, 4) is 0 Å². The molecule has 2 N–H and O–H groups in total. The number of benzene rings is 1. The normalized spacial score (nSPS) is 22.5. The second-order valence-corrected chi connectivity index (χ2v) is 9.92. The van der Waals surface area contributed by atoms with Crippen LogP contribution in [0.4, 0.5) is 0 Å². The number of piperidine rings is 1. The zero-order valence-electron chi connectivity index (χ0n) is 16.7. The summed E-state index contributed by atoms with van der Waals surface area (Å²) < 4.78 is 30.8. The topological polar surface area (TPSA) is 111 Å². The average molecular weight is 422 g/mol. The van der Waals surface area contributed by atoms with Gasteiger partial charge in [0.05, 0.1) is 22.0 Å². The Hall–Kier alpha value is -2.17. The molecule has 1 amide bonds. The maximum absolute atomic E-state index is 13.2. The molecule has 3 heterocycles. The molecular weight excluding hydrogens is 394 g/mol. The van der Waals surface area contributed by atoms with Gasteiger partial charge in [-0.25, -0.2) is 13.2 Å². The van der Waals surface area contributed by atoms with Crippen LogP contribution in [0.2, 0.25) is 0 Å². The number of fused-ring (bicyclic) bond motifs is 1. The molecule has 0 bridgehead atoms. The lowest BCUT2D eigenvalue weighted by atomic mass is 10.0. The number of aryl methyl sites for hydroxylation is 2. The molecule has 2 aromatic rings. The first-order valence-electron chi connectivity index (χ1n) is 9.92. The van der Waals surface area contributed by atoms with E-state index in [0.29, 0.717) is 37.0 Å². The lowest BCUT2D eigenvalue weighted by molar-refractivity contribution is -0.123. The molecule has 10 heteroatoms. The zero-order chi connectivity index (χ0) is 20.9. The average Bonchev–Trinajstić information content (AvgIpc) is 3.29. The van der Waals surface area contributed by atoms with E-state index in [0.717, 1.165) is 19.4 Å². The second-order valence-electron chi connectivity index (χ2n) is 7.98. The fraction of sp³-hybridized carbons (Fsp3) is 0.579. The van der Waals surface area contributed by atoms with Crippen molar-refractivity contribution in [1.29, 1.82) is 0 Å². The fourth-order valence-electron chi connectivity index (χ4n) is 4.74. The van der Waals surface area contributed by atoms with Crippen molar-refractivity contribution in [1.82, 2.24) is 18.3 Å². The molecule has 1 atom stereocenters. The van der Waals surface area contributed by atoms with Crippen LogP contribution in [0.15, 0.2) is 27.9 Å². The van der Waals surface area contributed by atoms with E-state index >= 15 is 0 Å². The number of imidazole rings is 1. The number of hydrogen-bond acceptors (Lipinski definition) is 5. The molecule has 1 aromatic heterocycles. The van der Waals surface area contributed by atoms with Crippen molar-refractivity contribution >= 4 is 27.0 Å². The van der Waals surface area contributed by atoms with Gasteiger partial charge in [0.25, 0.3) is 0 Å². The third-order valence-corrected chi connectivity index (χ3v) is 8.29. The number of hydrogen-bond donors (Lipinski definition) is 1. The molecular formula is C19H27N5O4S. The minimum absolute atomic E-state index is 0.180. The molecule has 1 aromatic carbocycles. The number of carbonyl (C=O) groups is 1. The first-order chi connectivity index (χ1) is 13.7. The molecule has 0 radical (unpaired) electrons. The van der Waals surface area contributed by atoms with Crippen LogP contribution in [0.5, 0.6) is 0 Å². The predicted molar refractivity (Wildman–Crippen MR) is 109 cm³/mol. The number of nitrogens with zero attached hydrogens (tertiary/aromatic N) is 4. The monoisotopic (exact) mass is 421 g/mol. The summed E-state index contributed by atoms with van der Waals surface area (Å²) in [5.74, 6) is -0.292. The Morgan fingerprint density at radius 2 is 1.69 bits per heavy atom. The Morgan fingerprint density at radius 3 is 2.34 bits per heavy atom. The summed E-state index contributed by atoms with van der Waals surface area (Å²) in [5, 5.41) is 0. The van der Waals surface area contributed by atoms with Crippen molar-refractivity contribution in [3.05, 3.63) is 28.7 Å². The van der Waals surface area contributed by atoms with E-state index in [2.05, 4.69) is 4.90 Å². The van der Waals surface area contributed by atoms with Gasteiger partial charge in [-0.1, -0.05) is 0 Å². The summed E-state index contributed by atoms with van der Waals surface area (Å²) in [6.07, 6.45) is 3.08. The summed E-state index contributed by atoms with van der Waals surface area (Å²) >= 11 is 0. The Labute approximate surface area is 169 Å². The fourth-order valence-corrected chi connectivity index (χ4v) is 6.23. The van der Waals surface area contributed by atoms with Gasteiger partial charge in [0.2, 0.25) is 15.9 Å². The SMILES string of the molecule is Cn1c(=O)n(C)c2cc(S(=O)(=O)N3CCC(N4CCCC4C(N)=O)CC3)ccc21. The number of amides is 1. The maximum Gasteiger partial charge on any atom is 0.328 e. The number of rotatable bonds is 4. The Balaban J connectivity index is 1.54. The highest BCUT2D eigenvalue weighted by Gasteiger charge is 2.38. The molecule has 0 saturated carbocycles. The quantitative estimate of drug-likeness (QED) is 0.746. The largest absolute Gasteiger partial charge is 0.368 e. The van der Waals surface area contributed by atoms with Crippen molar-refractivity contribution in [2.24, 2.45) is 19.8 Å². The van der Waals surface area contributed by atoms with Gasteiger partial charge >= 0.3 is 5.69 Å². The molecule has 0 spiro atoms. The van der Waals surface area contributed by atoms with Gasteiger partial charge in [-0.2, -0.15) is 4.31 Å². The van der Waals surface area contributed by atoms with Gasteiger partial charge in [0.15, 0.2) is 0 Å². The Bertz CT molecular complexity index is 1110. The first kappa shape index (κ1) is 20.1. The van der Waals surface area contributed by atoms with E-state index in [1.807, 2.05) is 0 Å². The standard InChI is InChI=1S/C19H27N5O4S/c1-21-15-6-5-14(12-17(15)22(2)19(21)26)29(27,28)23-10-7-13(8-11-23)24-9-3-4-16(24)18(20)25/h5-6,12-13,16H,3-4,7-11H2,1-2H3,(H2,20,25). The van der Waals surface area contributed by atoms with Gasteiger partial charge in [0.1, 0.15) is 0 Å². The van der Waals surface area contributed by atoms with E-state index in [-0.39, 0.29) is 28.6 Å². The van der Waals surface area contributed by atoms with Crippen molar-refractivity contribution in [2.75, 3.05) is 19.6 Å². The number of aromatic nitrogens is 2. The minimum Gasteiger partial charge on any atom is -0.368 e. The van der Waals surface area contributed by atoms with Crippen LogP contribution in [0, 0.1) is 0 Å². The van der Waals surface area contributed by atoms with Crippen LogP contribution in [-0.4, -0.2) is 64.4 Å². The first-order valence-corrected chi connectivity index (χ1v) is 11.4. The minimum atomic E-state index is -3.65. The zero-order valence-corrected chi connectivity index (χ0v) is 17.6. The molecule has 2 aliphatic heterocycles. The Morgan fingerprint density at radius 1 is 1.03 bits per heavy atom. The van der Waals surface area contributed by atoms with Crippen molar-refractivity contribution in [2.45, 2.75) is 42.7 Å². The number of nitrogens with two attached hydrogens (primary N) is 1. The summed E-state index contributed by atoms with van der Waals surface area (Å²) in [6, 6.07) is 4.76. The van der Waals surface area contributed by atoms with E-state index in [9.17, 15) is 18.0 Å². The van der Waals surface area contributed by atoms with Crippen LogP contribution >= 0.6 is 0 Å². The molecule has 2 fully saturated rings. The van der Waals surface area contributed by atoms with Gasteiger partial charge < -0.3 is 5.73 Å². The number of primary amides is 1. The molecule has 2 aliphatic rings. The lowest BCUT2D eigenvalue weighted by Gasteiger charge is -2.38. The molecule has 1 unspecified atom stereocenters. The maximum atomic E-state index is 13.2. The Kier molecular flexibility index (Phi) is 5.04. The smallest absolute Gasteiger partial charge is 0.328 e. The van der Waals surface area contributed by atoms with Gasteiger partial charge in [-0.05, 0) is 50.4 Å². The highest BCUT2D eigenvalue weighted by atomic mass is 32.2. The highest BCUT2D eigenvalue weighted by Crippen LogP contribution is 2.29. The van der Waals surface area contributed by atoms with Crippen LogP contribution in [0.25, 0.3) is 11.0 Å². The van der Waals surface area contributed by atoms with Crippen LogP contribution in [0.1, 0.15) is 25.7 Å². The predicted octanol–water partition coefficient (Wildman–Crippen LogP) is -0.0202. The third kappa shape index (κ3) is 3.28. The number of sulfonamides is 1. The van der Waals surface area contributed by atoms with Crippen LogP contribution in [-0.2, 0) is 28.9 Å². The van der Waals surface area contributed by atoms with E-state index in [1.165, 1.54) is 13.4 Å². The van der Waals surface area contributed by atoms with Crippen LogP contribution < -0.4 is 11.4 Å². The van der Waals surface area contributed by atoms with Gasteiger partial charge in [-0.3, -0.25) is 18.8 Å². The molecule has 9 nitrogen and oxygen atoms in total. The van der Waals surface area contributed by atoms with Gasteiger partial charge in [-0.15, -0.1) is 0 Å². The summed E-state index contributed by atoms with van der Waals surface area (Å²) in [6.45, 7) is 1.64. The molecule has 4 rings (SSSR count). The number of carbonyl (C=O) groups excluding carboxylic acids is 1. The van der Waals surface area contributed by atoms with Crippen LogP contribution in [0.3, 0.4) is 0 Å². The van der Waals surface area contributed by atoms with E-state index in [1.54, 1.807) is 32.3 Å². The lowest BCUT2D eigenvalue weighted by Crippen LogP contribution is -2.51. The molecule has 29 heavy (non-hydrogen) atoms. The van der Waals surface area contributed by atoms with Gasteiger partial charge in [0, 0.05) is 33.2 Å². The van der Waals surface area contributed by atoms with Crippen molar-refractivity contribution < 1.29 is 13.2 Å². The second kappa shape index (κ2) is 7.26. The summed E-state index contributed by atoms with van der Waals surface area (Å²) in [4.78, 5) is 26.1. The highest BCUT2D eigenvalue weighted by molar-refractivity contribution is 7.89. The summed E-state index contributed by atoms with van der Waals surface area (Å²) in [7, 11) is -0.347. The number of likely N-dealkylation sites (tertiary alicyclic amines) is 1.